The Morgan fingerprint density at radius 1 is 1.65 bits per heavy atom. The highest BCUT2D eigenvalue weighted by Gasteiger charge is 2.32. The van der Waals surface area contributed by atoms with E-state index in [1.807, 2.05) is 0 Å². The van der Waals surface area contributed by atoms with E-state index in [0.717, 1.165) is 6.07 Å². The smallest absolute Gasteiger partial charge is 0.414 e. The normalized spacial score (nSPS) is 19.0. The van der Waals surface area contributed by atoms with Crippen LogP contribution in [0.2, 0.25) is 0 Å². The van der Waals surface area contributed by atoms with Crippen molar-refractivity contribution in [3.05, 3.63) is 29.6 Å². The molecule has 0 bridgehead atoms. The minimum Gasteiger partial charge on any atom is -0.441 e. The number of halogens is 1. The molecule has 0 aromatic heterocycles. The molecule has 0 radical (unpaired) electrons. The van der Waals surface area contributed by atoms with E-state index >= 15 is 0 Å². The molecule has 88 valence electrons. The van der Waals surface area contributed by atoms with Crippen molar-refractivity contribution in [1.29, 1.82) is 5.26 Å². The molecule has 1 amide bonds. The zero-order valence-electron chi connectivity index (χ0n) is 8.76. The van der Waals surface area contributed by atoms with Gasteiger partial charge in [0, 0.05) is 0 Å². The molecule has 1 aromatic rings. The number of nitriles is 1. The molecule has 1 aliphatic rings. The van der Waals surface area contributed by atoms with E-state index in [4.69, 9.17) is 15.1 Å². The third-order valence-electron chi connectivity index (χ3n) is 2.46. The Hall–Kier alpha value is -2.13. The first-order chi connectivity index (χ1) is 8.15. The van der Waals surface area contributed by atoms with Gasteiger partial charge in [0.1, 0.15) is 18.0 Å². The van der Waals surface area contributed by atoms with Crippen LogP contribution >= 0.6 is 0 Å². The van der Waals surface area contributed by atoms with E-state index in [1.54, 1.807) is 6.07 Å². The van der Waals surface area contributed by atoms with Crippen molar-refractivity contribution in [3.8, 4) is 6.07 Å². The minimum absolute atomic E-state index is 0.0833. The first kappa shape index (κ1) is 11.4. The number of hydrogen-bond acceptors (Lipinski definition) is 4. The number of rotatable bonds is 2. The molecule has 0 spiro atoms. The second-order valence-electron chi connectivity index (χ2n) is 3.57. The van der Waals surface area contributed by atoms with E-state index in [1.165, 1.54) is 17.0 Å². The number of amides is 1. The molecule has 1 aromatic carbocycles. The van der Waals surface area contributed by atoms with E-state index in [2.05, 4.69) is 0 Å². The topological polar surface area (TPSA) is 73.6 Å². The van der Waals surface area contributed by atoms with Gasteiger partial charge >= 0.3 is 6.09 Å². The third-order valence-corrected chi connectivity index (χ3v) is 2.46. The Morgan fingerprint density at radius 2 is 2.41 bits per heavy atom. The van der Waals surface area contributed by atoms with Gasteiger partial charge in [0.25, 0.3) is 0 Å². The third kappa shape index (κ3) is 2.05. The number of aliphatic hydroxyl groups excluding tert-OH is 1. The van der Waals surface area contributed by atoms with Crippen molar-refractivity contribution in [1.82, 2.24) is 0 Å². The maximum absolute atomic E-state index is 13.4. The molecule has 0 saturated carbocycles. The number of hydrogen-bond donors (Lipinski definition) is 1. The molecule has 17 heavy (non-hydrogen) atoms. The fraction of sp³-hybridized carbons (Fsp3) is 0.273. The fourth-order valence-electron chi connectivity index (χ4n) is 1.59. The number of carbonyl (C=O) groups excluding carboxylic acids is 1. The van der Waals surface area contributed by atoms with Gasteiger partial charge in [-0.05, 0) is 18.2 Å². The number of carbonyl (C=O) groups is 1. The van der Waals surface area contributed by atoms with Gasteiger partial charge in [0.15, 0.2) is 0 Å². The molecule has 1 aliphatic heterocycles. The zero-order chi connectivity index (χ0) is 12.4. The molecule has 1 saturated heterocycles. The molecule has 5 nitrogen and oxygen atoms in total. The van der Waals surface area contributed by atoms with Crippen LogP contribution in [0, 0.1) is 17.1 Å². The summed E-state index contributed by atoms with van der Waals surface area (Å²) in [6, 6.07) is 5.55. The van der Waals surface area contributed by atoms with Crippen LogP contribution in [-0.2, 0) is 4.74 Å². The predicted octanol–water partition coefficient (Wildman–Crippen LogP) is 1.01. The molecule has 2 rings (SSSR count). The summed E-state index contributed by atoms with van der Waals surface area (Å²) in [5, 5.41) is 17.4. The van der Waals surface area contributed by atoms with Gasteiger partial charge in [-0.3, -0.25) is 4.90 Å². The van der Waals surface area contributed by atoms with E-state index in [-0.39, 0.29) is 18.7 Å². The molecular weight excluding hydrogens is 227 g/mol. The van der Waals surface area contributed by atoms with E-state index in [0.29, 0.717) is 5.69 Å². The van der Waals surface area contributed by atoms with Gasteiger partial charge < -0.3 is 9.84 Å². The largest absolute Gasteiger partial charge is 0.441 e. The summed E-state index contributed by atoms with van der Waals surface area (Å²) in [6.07, 6.45) is -1.23. The maximum Gasteiger partial charge on any atom is 0.414 e. The maximum atomic E-state index is 13.4. The summed E-state index contributed by atoms with van der Waals surface area (Å²) in [5.41, 5.74) is 0.225. The molecule has 1 heterocycles. The first-order valence-electron chi connectivity index (χ1n) is 4.94. The molecule has 6 heteroatoms. The number of nitrogens with zero attached hydrogens (tertiary/aromatic N) is 2. The molecule has 0 aliphatic carbocycles. The molecule has 1 atom stereocenters. The predicted molar refractivity (Wildman–Crippen MR) is 55.8 cm³/mol. The number of benzene rings is 1. The summed E-state index contributed by atoms with van der Waals surface area (Å²) in [5.74, 6) is -0.690. The quantitative estimate of drug-likeness (QED) is 0.831. The van der Waals surface area contributed by atoms with Gasteiger partial charge in [-0.2, -0.15) is 5.26 Å². The van der Waals surface area contributed by atoms with Crippen molar-refractivity contribution in [2.45, 2.75) is 6.10 Å². The van der Waals surface area contributed by atoms with E-state index in [9.17, 15) is 9.18 Å². The number of cyclic esters (lactones) is 1. The summed E-state index contributed by atoms with van der Waals surface area (Å²) < 4.78 is 18.2. The lowest BCUT2D eigenvalue weighted by molar-refractivity contribution is 0.0963. The van der Waals surface area contributed by atoms with Gasteiger partial charge in [-0.1, -0.05) is 0 Å². The molecule has 0 unspecified atom stereocenters. The van der Waals surface area contributed by atoms with Crippen LogP contribution in [-0.4, -0.2) is 30.5 Å². The van der Waals surface area contributed by atoms with Gasteiger partial charge in [-0.15, -0.1) is 0 Å². The number of aliphatic hydroxyl groups is 1. The lowest BCUT2D eigenvalue weighted by Crippen LogP contribution is -2.25. The van der Waals surface area contributed by atoms with Crippen molar-refractivity contribution >= 4 is 11.8 Å². The van der Waals surface area contributed by atoms with Crippen LogP contribution in [0.25, 0.3) is 0 Å². The SMILES string of the molecule is N#Cc1ccc(N2C[C@H](CO)OC2=O)cc1F. The van der Waals surface area contributed by atoms with Crippen molar-refractivity contribution in [2.24, 2.45) is 0 Å². The van der Waals surface area contributed by atoms with Crippen LogP contribution in [0.4, 0.5) is 14.9 Å². The highest BCUT2D eigenvalue weighted by molar-refractivity contribution is 5.89. The van der Waals surface area contributed by atoms with Crippen LogP contribution in [0.1, 0.15) is 5.56 Å². The molecular formula is C11H9FN2O3. The molecule has 1 N–H and O–H groups in total. The average molecular weight is 236 g/mol. The summed E-state index contributed by atoms with van der Waals surface area (Å²) in [6.45, 7) is -0.109. The van der Waals surface area contributed by atoms with Gasteiger partial charge in [-0.25, -0.2) is 9.18 Å². The number of ether oxygens (including phenoxy) is 1. The van der Waals surface area contributed by atoms with Crippen molar-refractivity contribution in [2.75, 3.05) is 18.1 Å². The summed E-state index contributed by atoms with van der Waals surface area (Å²) >= 11 is 0. The van der Waals surface area contributed by atoms with Crippen molar-refractivity contribution in [3.63, 3.8) is 0 Å². The van der Waals surface area contributed by atoms with Crippen LogP contribution in [0.15, 0.2) is 18.2 Å². The Bertz CT molecular complexity index is 498. The second kappa shape index (κ2) is 4.39. The lowest BCUT2D eigenvalue weighted by atomic mass is 10.2. The highest BCUT2D eigenvalue weighted by Crippen LogP contribution is 2.23. The Balaban J connectivity index is 2.27. The monoisotopic (exact) mass is 236 g/mol. The van der Waals surface area contributed by atoms with Crippen LogP contribution in [0.5, 0.6) is 0 Å². The summed E-state index contributed by atoms with van der Waals surface area (Å²) in [4.78, 5) is 12.6. The van der Waals surface area contributed by atoms with Gasteiger partial charge in [0.05, 0.1) is 24.4 Å². The zero-order valence-corrected chi connectivity index (χ0v) is 8.76. The number of anilines is 1. The fourth-order valence-corrected chi connectivity index (χ4v) is 1.59. The van der Waals surface area contributed by atoms with Crippen molar-refractivity contribution < 1.29 is 19.0 Å². The first-order valence-corrected chi connectivity index (χ1v) is 4.94. The Morgan fingerprint density at radius 3 is 2.94 bits per heavy atom. The lowest BCUT2D eigenvalue weighted by Gasteiger charge is -2.12. The average Bonchev–Trinajstić information content (AvgIpc) is 2.70. The van der Waals surface area contributed by atoms with E-state index < -0.39 is 18.0 Å². The highest BCUT2D eigenvalue weighted by atomic mass is 19.1. The minimum atomic E-state index is -0.690. The van der Waals surface area contributed by atoms with Crippen LogP contribution in [0.3, 0.4) is 0 Å². The second-order valence-corrected chi connectivity index (χ2v) is 3.57. The van der Waals surface area contributed by atoms with Crippen LogP contribution < -0.4 is 4.90 Å². The Labute approximate surface area is 96.6 Å². The Kier molecular flexibility index (Phi) is 2.93. The standard InChI is InChI=1S/C11H9FN2O3/c12-10-3-8(2-1-7(10)4-13)14-5-9(6-15)17-11(14)16/h1-3,9,15H,5-6H2/t9-/m1/s1. The van der Waals surface area contributed by atoms with Gasteiger partial charge in [0.2, 0.25) is 0 Å². The summed E-state index contributed by atoms with van der Waals surface area (Å²) in [7, 11) is 0. The molecule has 1 fully saturated rings.